The summed E-state index contributed by atoms with van der Waals surface area (Å²) in [4.78, 5) is 8.24. The van der Waals surface area contributed by atoms with Crippen LogP contribution in [0.3, 0.4) is 0 Å². The zero-order valence-corrected chi connectivity index (χ0v) is 9.20. The maximum atomic E-state index is 4.16. The summed E-state index contributed by atoms with van der Waals surface area (Å²) in [6, 6.07) is 0. The Labute approximate surface area is 86.5 Å². The Morgan fingerprint density at radius 1 is 1.43 bits per heavy atom. The number of allylic oxidation sites excluding steroid dienone is 4. The molecule has 0 aromatic heterocycles. The summed E-state index contributed by atoms with van der Waals surface area (Å²) in [5.41, 5.74) is 2.14. The topological polar surface area (TPSA) is 24.7 Å². The summed E-state index contributed by atoms with van der Waals surface area (Å²) in [5.74, 6) is 0. The molecular weight excluding hydrogens is 172 g/mol. The summed E-state index contributed by atoms with van der Waals surface area (Å²) >= 11 is 0. The van der Waals surface area contributed by atoms with Gasteiger partial charge in [-0.15, -0.1) is 0 Å². The smallest absolute Gasteiger partial charge is 0.0812 e. The lowest BCUT2D eigenvalue weighted by Gasteiger charge is -2.00. The molecule has 0 unspecified atom stereocenters. The molecule has 0 saturated heterocycles. The van der Waals surface area contributed by atoms with Crippen LogP contribution in [0, 0.1) is 0 Å². The van der Waals surface area contributed by atoms with E-state index in [0.29, 0.717) is 6.54 Å². The van der Waals surface area contributed by atoms with E-state index in [0.717, 1.165) is 11.3 Å². The maximum absolute atomic E-state index is 4.16. The fourth-order valence-electron chi connectivity index (χ4n) is 0.943. The van der Waals surface area contributed by atoms with Crippen molar-refractivity contribution in [1.82, 2.24) is 0 Å². The Morgan fingerprint density at radius 3 is 2.64 bits per heavy atom. The molecule has 0 radical (unpaired) electrons. The number of hydrogen-bond donors (Lipinski definition) is 0. The van der Waals surface area contributed by atoms with E-state index in [1.165, 1.54) is 0 Å². The van der Waals surface area contributed by atoms with E-state index in [1.807, 2.05) is 32.9 Å². The van der Waals surface area contributed by atoms with Crippen LogP contribution >= 0.6 is 0 Å². The molecule has 0 aromatic carbocycles. The highest BCUT2D eigenvalue weighted by Crippen LogP contribution is 2.05. The van der Waals surface area contributed by atoms with Gasteiger partial charge in [0.05, 0.1) is 12.2 Å². The highest BCUT2D eigenvalue weighted by atomic mass is 14.9. The summed E-state index contributed by atoms with van der Waals surface area (Å²) in [6.45, 7) is 10.3. The molecule has 14 heavy (non-hydrogen) atoms. The van der Waals surface area contributed by atoms with Crippen LogP contribution in [-0.4, -0.2) is 19.0 Å². The van der Waals surface area contributed by atoms with Crippen LogP contribution in [0.25, 0.3) is 0 Å². The first-order chi connectivity index (χ1) is 6.83. The summed E-state index contributed by atoms with van der Waals surface area (Å²) in [7, 11) is 0. The molecule has 0 saturated carbocycles. The fourth-order valence-corrected chi connectivity index (χ4v) is 0.943. The second kappa shape index (κ2) is 8.17. The Balaban J connectivity index is 0.000000791. The van der Waals surface area contributed by atoms with Gasteiger partial charge in [0.25, 0.3) is 0 Å². The van der Waals surface area contributed by atoms with Crippen molar-refractivity contribution in [3.63, 3.8) is 0 Å². The van der Waals surface area contributed by atoms with E-state index in [1.54, 1.807) is 18.5 Å². The maximum Gasteiger partial charge on any atom is 0.0812 e. The highest BCUT2D eigenvalue weighted by molar-refractivity contribution is 6.16. The minimum absolute atomic E-state index is 0.679. The molecule has 0 N–H and O–H groups in total. The van der Waals surface area contributed by atoms with Crippen molar-refractivity contribution in [2.24, 2.45) is 9.98 Å². The van der Waals surface area contributed by atoms with Gasteiger partial charge in [-0.25, -0.2) is 0 Å². The van der Waals surface area contributed by atoms with Crippen molar-refractivity contribution in [3.8, 4) is 0 Å². The third-order valence-corrected chi connectivity index (χ3v) is 1.44. The highest BCUT2D eigenvalue weighted by Gasteiger charge is 1.94. The van der Waals surface area contributed by atoms with E-state index >= 15 is 0 Å². The minimum Gasteiger partial charge on any atom is -0.285 e. The van der Waals surface area contributed by atoms with Crippen molar-refractivity contribution >= 4 is 12.4 Å². The van der Waals surface area contributed by atoms with Gasteiger partial charge in [0, 0.05) is 12.4 Å². The van der Waals surface area contributed by atoms with Crippen LogP contribution < -0.4 is 0 Å². The summed E-state index contributed by atoms with van der Waals surface area (Å²) in [6.07, 6.45) is 9.14. The molecule has 0 spiro atoms. The SMILES string of the molecule is C=C/C=C(C)\C=C1/CN=CC=N1.CC. The first kappa shape index (κ1) is 12.6. The van der Waals surface area contributed by atoms with Crippen LogP contribution in [0.4, 0.5) is 0 Å². The predicted octanol–water partition coefficient (Wildman–Crippen LogP) is 3.18. The lowest BCUT2D eigenvalue weighted by Crippen LogP contribution is -1.94. The second-order valence-corrected chi connectivity index (χ2v) is 2.55. The normalized spacial score (nSPS) is 17.6. The van der Waals surface area contributed by atoms with Crippen molar-refractivity contribution in [2.45, 2.75) is 20.8 Å². The lowest BCUT2D eigenvalue weighted by atomic mass is 10.2. The molecule has 0 bridgehead atoms. The van der Waals surface area contributed by atoms with Crippen LogP contribution in [0.5, 0.6) is 0 Å². The molecule has 0 fully saturated rings. The lowest BCUT2D eigenvalue weighted by molar-refractivity contribution is 1.10. The van der Waals surface area contributed by atoms with Crippen LogP contribution in [-0.2, 0) is 0 Å². The van der Waals surface area contributed by atoms with Crippen LogP contribution in [0.1, 0.15) is 20.8 Å². The summed E-state index contributed by atoms with van der Waals surface area (Å²) < 4.78 is 0. The largest absolute Gasteiger partial charge is 0.285 e. The number of rotatable bonds is 2. The van der Waals surface area contributed by atoms with Gasteiger partial charge in [0.2, 0.25) is 0 Å². The third kappa shape index (κ3) is 5.25. The summed E-state index contributed by atoms with van der Waals surface area (Å²) in [5, 5.41) is 0. The molecular formula is C12H18N2. The Kier molecular flexibility index (Phi) is 7.33. The second-order valence-electron chi connectivity index (χ2n) is 2.55. The molecule has 76 valence electrons. The number of nitrogens with zero attached hydrogens (tertiary/aromatic N) is 2. The van der Waals surface area contributed by atoms with E-state index in [-0.39, 0.29) is 0 Å². The van der Waals surface area contributed by atoms with Gasteiger partial charge < -0.3 is 0 Å². The predicted molar refractivity (Wildman–Crippen MR) is 65.2 cm³/mol. The Morgan fingerprint density at radius 2 is 2.14 bits per heavy atom. The van der Waals surface area contributed by atoms with Crippen molar-refractivity contribution in [3.05, 3.63) is 36.1 Å². The zero-order chi connectivity index (χ0) is 10.8. The van der Waals surface area contributed by atoms with Gasteiger partial charge in [-0.3, -0.25) is 9.98 Å². The Bertz CT molecular complexity index is 281. The zero-order valence-electron chi connectivity index (χ0n) is 9.20. The Hall–Kier alpha value is -1.44. The first-order valence-electron chi connectivity index (χ1n) is 4.85. The molecule has 0 aromatic rings. The molecule has 0 atom stereocenters. The minimum atomic E-state index is 0.679. The number of aliphatic imine (C=N–C) groups is 2. The van der Waals surface area contributed by atoms with Gasteiger partial charge in [0.15, 0.2) is 0 Å². The molecule has 1 aliphatic rings. The van der Waals surface area contributed by atoms with Crippen molar-refractivity contribution in [2.75, 3.05) is 6.54 Å². The van der Waals surface area contributed by atoms with Gasteiger partial charge in [-0.05, 0) is 18.6 Å². The van der Waals surface area contributed by atoms with Crippen LogP contribution in [0.15, 0.2) is 46.1 Å². The van der Waals surface area contributed by atoms with Crippen molar-refractivity contribution < 1.29 is 0 Å². The van der Waals surface area contributed by atoms with E-state index < -0.39 is 0 Å². The monoisotopic (exact) mass is 190 g/mol. The van der Waals surface area contributed by atoms with Gasteiger partial charge in [-0.1, -0.05) is 32.6 Å². The average Bonchev–Trinajstić information content (AvgIpc) is 2.22. The quantitative estimate of drug-likeness (QED) is 0.597. The van der Waals surface area contributed by atoms with Crippen LogP contribution in [0.2, 0.25) is 0 Å². The van der Waals surface area contributed by atoms with E-state index in [9.17, 15) is 0 Å². The van der Waals surface area contributed by atoms with Crippen molar-refractivity contribution in [1.29, 1.82) is 0 Å². The fraction of sp³-hybridized carbons (Fsp3) is 0.333. The molecule has 2 heteroatoms. The molecule has 0 amide bonds. The average molecular weight is 190 g/mol. The first-order valence-corrected chi connectivity index (χ1v) is 4.85. The van der Waals surface area contributed by atoms with E-state index in [4.69, 9.17) is 0 Å². The number of hydrogen-bond acceptors (Lipinski definition) is 2. The molecule has 2 nitrogen and oxygen atoms in total. The van der Waals surface area contributed by atoms with Gasteiger partial charge in [-0.2, -0.15) is 0 Å². The molecule has 0 aliphatic carbocycles. The van der Waals surface area contributed by atoms with Gasteiger partial charge >= 0.3 is 0 Å². The van der Waals surface area contributed by atoms with Gasteiger partial charge in [0.1, 0.15) is 0 Å². The molecule has 1 aliphatic heterocycles. The standard InChI is InChI=1S/C10H12N2.C2H6/c1-3-4-9(2)7-10-8-11-5-6-12-10;1-2/h3-7H,1,8H2,2H3;1-2H3/b9-4-,10-7+;. The molecule has 1 rings (SSSR count). The molecule has 1 heterocycles. The van der Waals surface area contributed by atoms with E-state index in [2.05, 4.69) is 16.6 Å². The third-order valence-electron chi connectivity index (χ3n) is 1.44.